The summed E-state index contributed by atoms with van der Waals surface area (Å²) in [5.41, 5.74) is 1.12. The quantitative estimate of drug-likeness (QED) is 0.395. The first-order valence-corrected chi connectivity index (χ1v) is 11.3. The standard InChI is InChI=1S/C25H22N4O2S/c1-25(16-26,17-29-22-11-7-6-10-21(22)27-24(29)32-2)28-23(30)18-12-14-20(15-13-18)31-19-8-4-3-5-9-19/h3-15H,17H2,1-2H3,(H,28,30). The maximum absolute atomic E-state index is 12.9. The number of carbonyl (C=O) groups is 1. The molecule has 0 aliphatic carbocycles. The van der Waals surface area contributed by atoms with Gasteiger partial charge in [-0.3, -0.25) is 4.79 Å². The number of aromatic nitrogens is 2. The zero-order chi connectivity index (χ0) is 22.6. The Morgan fingerprint density at radius 1 is 1.06 bits per heavy atom. The summed E-state index contributed by atoms with van der Waals surface area (Å²) in [6.07, 6.45) is 1.94. The summed E-state index contributed by atoms with van der Waals surface area (Å²) < 4.78 is 7.75. The van der Waals surface area contributed by atoms with Crippen LogP contribution in [0.15, 0.2) is 84.0 Å². The second kappa shape index (κ2) is 9.16. The van der Waals surface area contributed by atoms with Crippen LogP contribution in [0, 0.1) is 11.3 Å². The van der Waals surface area contributed by atoms with Gasteiger partial charge in [-0.2, -0.15) is 5.26 Å². The van der Waals surface area contributed by atoms with E-state index in [1.54, 1.807) is 31.2 Å². The molecule has 1 aromatic heterocycles. The lowest BCUT2D eigenvalue weighted by Crippen LogP contribution is -2.48. The molecule has 1 unspecified atom stereocenters. The Balaban J connectivity index is 1.51. The molecular formula is C25H22N4O2S. The Morgan fingerprint density at radius 3 is 2.41 bits per heavy atom. The molecule has 0 aliphatic rings. The van der Waals surface area contributed by atoms with E-state index < -0.39 is 5.54 Å². The first kappa shape index (κ1) is 21.5. The van der Waals surface area contributed by atoms with Crippen molar-refractivity contribution in [3.05, 3.63) is 84.4 Å². The molecule has 0 aliphatic heterocycles. The van der Waals surface area contributed by atoms with Crippen LogP contribution in [0.25, 0.3) is 11.0 Å². The van der Waals surface area contributed by atoms with Crippen LogP contribution < -0.4 is 10.1 Å². The van der Waals surface area contributed by atoms with Gasteiger partial charge in [0.05, 0.1) is 23.6 Å². The fraction of sp³-hybridized carbons (Fsp3) is 0.160. The van der Waals surface area contributed by atoms with Crippen molar-refractivity contribution in [2.24, 2.45) is 0 Å². The van der Waals surface area contributed by atoms with Gasteiger partial charge in [-0.25, -0.2) is 4.98 Å². The van der Waals surface area contributed by atoms with E-state index in [-0.39, 0.29) is 12.5 Å². The van der Waals surface area contributed by atoms with Crippen LogP contribution in [0.4, 0.5) is 0 Å². The third kappa shape index (κ3) is 4.61. The summed E-state index contributed by atoms with van der Waals surface area (Å²) in [5.74, 6) is 1.03. The molecule has 0 saturated carbocycles. The topological polar surface area (TPSA) is 79.9 Å². The lowest BCUT2D eigenvalue weighted by atomic mass is 10.0. The van der Waals surface area contributed by atoms with E-state index in [2.05, 4.69) is 16.4 Å². The Morgan fingerprint density at radius 2 is 1.72 bits per heavy atom. The number of nitrogens with one attached hydrogen (secondary N) is 1. The number of amides is 1. The number of hydrogen-bond donors (Lipinski definition) is 1. The Kier molecular flexibility index (Phi) is 6.15. The number of hydrogen-bond acceptors (Lipinski definition) is 5. The first-order valence-electron chi connectivity index (χ1n) is 10.1. The number of nitrogens with zero attached hydrogens (tertiary/aromatic N) is 3. The van der Waals surface area contributed by atoms with Crippen LogP contribution in [-0.4, -0.2) is 27.3 Å². The SMILES string of the molecule is CSc1nc2ccccc2n1CC(C)(C#N)NC(=O)c1ccc(Oc2ccccc2)cc1. The molecule has 0 fully saturated rings. The molecule has 1 heterocycles. The normalized spacial score (nSPS) is 12.7. The summed E-state index contributed by atoms with van der Waals surface area (Å²) in [6.45, 7) is 2.00. The van der Waals surface area contributed by atoms with Crippen molar-refractivity contribution in [2.45, 2.75) is 24.2 Å². The largest absolute Gasteiger partial charge is 0.457 e. The van der Waals surface area contributed by atoms with Crippen molar-refractivity contribution in [1.82, 2.24) is 14.9 Å². The molecule has 6 nitrogen and oxygen atoms in total. The van der Waals surface area contributed by atoms with Gasteiger partial charge in [-0.1, -0.05) is 42.1 Å². The molecule has 0 saturated heterocycles. The molecule has 0 radical (unpaired) electrons. The minimum Gasteiger partial charge on any atom is -0.457 e. The van der Waals surface area contributed by atoms with E-state index in [1.807, 2.05) is 65.4 Å². The molecule has 4 aromatic rings. The van der Waals surface area contributed by atoms with E-state index in [1.165, 1.54) is 11.8 Å². The molecule has 7 heteroatoms. The lowest BCUT2D eigenvalue weighted by Gasteiger charge is -2.25. The summed E-state index contributed by atoms with van der Waals surface area (Å²) in [5, 5.41) is 13.6. The molecule has 32 heavy (non-hydrogen) atoms. The first-order chi connectivity index (χ1) is 15.5. The summed E-state index contributed by atoms with van der Waals surface area (Å²) >= 11 is 1.51. The average molecular weight is 443 g/mol. The molecule has 160 valence electrons. The minimum atomic E-state index is -1.12. The summed E-state index contributed by atoms with van der Waals surface area (Å²) in [4.78, 5) is 17.5. The fourth-order valence-electron chi connectivity index (χ4n) is 3.40. The molecule has 1 N–H and O–H groups in total. The van der Waals surface area contributed by atoms with E-state index >= 15 is 0 Å². The molecule has 0 spiro atoms. The smallest absolute Gasteiger partial charge is 0.252 e. The molecule has 1 amide bonds. The van der Waals surface area contributed by atoms with E-state index in [4.69, 9.17) is 4.74 Å². The third-order valence-electron chi connectivity index (χ3n) is 5.01. The van der Waals surface area contributed by atoms with E-state index in [0.29, 0.717) is 11.3 Å². The van der Waals surface area contributed by atoms with E-state index in [9.17, 15) is 10.1 Å². The van der Waals surface area contributed by atoms with Gasteiger partial charge in [0.25, 0.3) is 5.91 Å². The van der Waals surface area contributed by atoms with Crippen LogP contribution in [-0.2, 0) is 6.54 Å². The maximum Gasteiger partial charge on any atom is 0.252 e. The highest BCUT2D eigenvalue weighted by atomic mass is 32.2. The van der Waals surface area contributed by atoms with Gasteiger partial charge in [0, 0.05) is 5.56 Å². The second-order valence-electron chi connectivity index (χ2n) is 7.51. The number of benzene rings is 3. The van der Waals surface area contributed by atoms with Gasteiger partial charge in [0.2, 0.25) is 0 Å². The van der Waals surface area contributed by atoms with Crippen LogP contribution >= 0.6 is 11.8 Å². The zero-order valence-electron chi connectivity index (χ0n) is 17.8. The van der Waals surface area contributed by atoms with Gasteiger partial charge >= 0.3 is 0 Å². The molecule has 1 atom stereocenters. The number of para-hydroxylation sites is 3. The number of fused-ring (bicyclic) bond motifs is 1. The maximum atomic E-state index is 12.9. The minimum absolute atomic E-state index is 0.279. The lowest BCUT2D eigenvalue weighted by molar-refractivity contribution is 0.0918. The highest BCUT2D eigenvalue weighted by Crippen LogP contribution is 2.25. The molecule has 4 rings (SSSR count). The number of ether oxygens (including phenoxy) is 1. The van der Waals surface area contributed by atoms with E-state index in [0.717, 1.165) is 21.9 Å². The predicted octanol–water partition coefficient (Wildman–Crippen LogP) is 5.26. The van der Waals surface area contributed by atoms with Crippen molar-refractivity contribution < 1.29 is 9.53 Å². The summed E-state index contributed by atoms with van der Waals surface area (Å²) in [6, 6.07) is 26.3. The predicted molar refractivity (Wildman–Crippen MR) is 126 cm³/mol. The van der Waals surface area contributed by atoms with Gasteiger partial charge in [0.15, 0.2) is 5.16 Å². The van der Waals surface area contributed by atoms with Crippen molar-refractivity contribution in [3.8, 4) is 17.6 Å². The van der Waals surface area contributed by atoms with Crippen molar-refractivity contribution in [3.63, 3.8) is 0 Å². The molecule has 3 aromatic carbocycles. The zero-order valence-corrected chi connectivity index (χ0v) is 18.6. The highest BCUT2D eigenvalue weighted by molar-refractivity contribution is 7.98. The van der Waals surface area contributed by atoms with Crippen molar-refractivity contribution >= 4 is 28.7 Å². The highest BCUT2D eigenvalue weighted by Gasteiger charge is 2.29. The monoisotopic (exact) mass is 442 g/mol. The van der Waals surface area contributed by atoms with Crippen LogP contribution in [0.2, 0.25) is 0 Å². The number of rotatable bonds is 7. The summed E-state index contributed by atoms with van der Waals surface area (Å²) in [7, 11) is 0. The molecule has 0 bridgehead atoms. The van der Waals surface area contributed by atoms with Crippen molar-refractivity contribution in [1.29, 1.82) is 5.26 Å². The Labute approximate surface area is 190 Å². The number of carbonyl (C=O) groups excluding carboxylic acids is 1. The third-order valence-corrected chi connectivity index (χ3v) is 5.68. The van der Waals surface area contributed by atoms with Crippen LogP contribution in [0.1, 0.15) is 17.3 Å². The van der Waals surface area contributed by atoms with Gasteiger partial charge in [-0.15, -0.1) is 0 Å². The van der Waals surface area contributed by atoms with Crippen LogP contribution in [0.3, 0.4) is 0 Å². The number of nitriles is 1. The number of imidazole rings is 1. The van der Waals surface area contributed by atoms with Gasteiger partial charge in [0.1, 0.15) is 17.0 Å². The Bertz CT molecular complexity index is 1280. The fourth-order valence-corrected chi connectivity index (χ4v) is 3.98. The second-order valence-corrected chi connectivity index (χ2v) is 8.28. The average Bonchev–Trinajstić information content (AvgIpc) is 3.17. The Hall–Kier alpha value is -3.76. The van der Waals surface area contributed by atoms with Crippen molar-refractivity contribution in [2.75, 3.05) is 6.26 Å². The number of thioether (sulfide) groups is 1. The van der Waals surface area contributed by atoms with Crippen LogP contribution in [0.5, 0.6) is 11.5 Å². The molecular weight excluding hydrogens is 420 g/mol. The van der Waals surface area contributed by atoms with Gasteiger partial charge < -0.3 is 14.6 Å². The van der Waals surface area contributed by atoms with Gasteiger partial charge in [-0.05, 0) is 61.7 Å².